The Bertz CT molecular complexity index is 830. The quantitative estimate of drug-likeness (QED) is 0.675. The van der Waals surface area contributed by atoms with Crippen molar-refractivity contribution in [3.8, 4) is 0 Å². The molecule has 5 heteroatoms. The maximum Gasteiger partial charge on any atom is 0.352 e. The van der Waals surface area contributed by atoms with E-state index >= 15 is 0 Å². The van der Waals surface area contributed by atoms with Crippen LogP contribution in [0.25, 0.3) is 10.9 Å². The van der Waals surface area contributed by atoms with E-state index in [4.69, 9.17) is 4.42 Å². The predicted octanol–water partition coefficient (Wildman–Crippen LogP) is 3.37. The Labute approximate surface area is 128 Å². The summed E-state index contributed by atoms with van der Waals surface area (Å²) in [4.78, 5) is 14.4. The van der Waals surface area contributed by atoms with E-state index in [0.29, 0.717) is 13.1 Å². The molecule has 0 radical (unpaired) electrons. The first-order chi connectivity index (χ1) is 10.5. The number of aromatic nitrogens is 1. The molecule has 0 bridgehead atoms. The van der Waals surface area contributed by atoms with Crippen molar-refractivity contribution < 1.29 is 14.3 Å². The second-order valence-corrected chi connectivity index (χ2v) is 5.45. The van der Waals surface area contributed by atoms with Gasteiger partial charge in [-0.25, -0.2) is 4.79 Å². The Hall–Kier alpha value is -2.53. The molecule has 3 rings (SSSR count). The van der Waals surface area contributed by atoms with E-state index in [2.05, 4.69) is 10.3 Å². The lowest BCUT2D eigenvalue weighted by molar-refractivity contribution is 0.0690. The molecule has 1 aromatic carbocycles. The molecule has 22 heavy (non-hydrogen) atoms. The van der Waals surface area contributed by atoms with Crippen LogP contribution in [-0.4, -0.2) is 16.1 Å². The minimum atomic E-state index is -0.945. The zero-order chi connectivity index (χ0) is 15.7. The highest BCUT2D eigenvalue weighted by Crippen LogP contribution is 2.24. The second-order valence-electron chi connectivity index (χ2n) is 5.45. The number of fused-ring (bicyclic) bond motifs is 1. The van der Waals surface area contributed by atoms with Crippen LogP contribution >= 0.6 is 0 Å². The molecule has 0 aliphatic carbocycles. The molecule has 5 nitrogen and oxygen atoms in total. The molecule has 0 fully saturated rings. The van der Waals surface area contributed by atoms with E-state index in [1.165, 1.54) is 0 Å². The number of hydrogen-bond acceptors (Lipinski definition) is 3. The second kappa shape index (κ2) is 5.69. The van der Waals surface area contributed by atoms with Crippen molar-refractivity contribution in [3.63, 3.8) is 0 Å². The highest BCUT2D eigenvalue weighted by Gasteiger charge is 2.16. The lowest BCUT2D eigenvalue weighted by Crippen LogP contribution is -2.14. The first kappa shape index (κ1) is 14.4. The largest absolute Gasteiger partial charge is 0.477 e. The van der Waals surface area contributed by atoms with E-state index in [0.717, 1.165) is 33.6 Å². The first-order valence-corrected chi connectivity index (χ1v) is 7.15. The molecular weight excluding hydrogens is 280 g/mol. The smallest absolute Gasteiger partial charge is 0.352 e. The van der Waals surface area contributed by atoms with Gasteiger partial charge in [0.15, 0.2) is 0 Å². The molecule has 0 aliphatic heterocycles. The third-order valence-corrected chi connectivity index (χ3v) is 3.67. The number of carboxylic acids is 1. The molecule has 3 N–H and O–H groups in total. The third kappa shape index (κ3) is 2.76. The van der Waals surface area contributed by atoms with Crippen LogP contribution in [0.15, 0.2) is 34.7 Å². The number of furan rings is 1. The number of carbonyl (C=O) groups is 1. The van der Waals surface area contributed by atoms with E-state index in [9.17, 15) is 9.90 Å². The van der Waals surface area contributed by atoms with Crippen molar-refractivity contribution in [3.05, 3.63) is 58.7 Å². The average molecular weight is 298 g/mol. The highest BCUT2D eigenvalue weighted by molar-refractivity contribution is 5.97. The SMILES string of the molecule is Cc1ccc2c(CNCc3ccc(C)o3)c(C(=O)O)[nH]c2c1. The van der Waals surface area contributed by atoms with Crippen molar-refractivity contribution >= 4 is 16.9 Å². The summed E-state index contributed by atoms with van der Waals surface area (Å²) in [5.41, 5.74) is 2.95. The molecule has 0 atom stereocenters. The lowest BCUT2D eigenvalue weighted by Gasteiger charge is -2.04. The van der Waals surface area contributed by atoms with Gasteiger partial charge in [0, 0.05) is 23.0 Å². The fourth-order valence-electron chi connectivity index (χ4n) is 2.63. The first-order valence-electron chi connectivity index (χ1n) is 7.15. The number of aromatic carboxylic acids is 1. The van der Waals surface area contributed by atoms with Gasteiger partial charge in [-0.15, -0.1) is 0 Å². The van der Waals surface area contributed by atoms with Gasteiger partial charge in [0.05, 0.1) is 6.54 Å². The van der Waals surface area contributed by atoms with Crippen LogP contribution in [0.1, 0.15) is 33.1 Å². The Balaban J connectivity index is 1.85. The number of carboxylic acid groups (broad SMARTS) is 1. The van der Waals surface area contributed by atoms with Crippen LogP contribution in [0.5, 0.6) is 0 Å². The van der Waals surface area contributed by atoms with Crippen LogP contribution < -0.4 is 5.32 Å². The molecule has 0 saturated carbocycles. The van der Waals surface area contributed by atoms with E-state index in [1.54, 1.807) is 0 Å². The van der Waals surface area contributed by atoms with Crippen molar-refractivity contribution in [1.29, 1.82) is 0 Å². The molecule has 0 spiro atoms. The monoisotopic (exact) mass is 298 g/mol. The summed E-state index contributed by atoms with van der Waals surface area (Å²) in [6.07, 6.45) is 0. The van der Waals surface area contributed by atoms with Crippen molar-refractivity contribution in [2.75, 3.05) is 0 Å². The van der Waals surface area contributed by atoms with Gasteiger partial charge in [-0.1, -0.05) is 12.1 Å². The van der Waals surface area contributed by atoms with Crippen LogP contribution in [0, 0.1) is 13.8 Å². The molecule has 114 valence electrons. The van der Waals surface area contributed by atoms with Gasteiger partial charge in [0.2, 0.25) is 0 Å². The van der Waals surface area contributed by atoms with Crippen molar-refractivity contribution in [2.24, 2.45) is 0 Å². The van der Waals surface area contributed by atoms with Gasteiger partial charge < -0.3 is 19.8 Å². The summed E-state index contributed by atoms with van der Waals surface area (Å²) in [6, 6.07) is 9.73. The number of nitrogens with one attached hydrogen (secondary N) is 2. The minimum absolute atomic E-state index is 0.240. The Morgan fingerprint density at radius 2 is 2.05 bits per heavy atom. The molecule has 0 amide bonds. The van der Waals surface area contributed by atoms with Gasteiger partial charge in [-0.3, -0.25) is 0 Å². The van der Waals surface area contributed by atoms with Crippen LogP contribution in [0.4, 0.5) is 0 Å². The summed E-state index contributed by atoms with van der Waals surface area (Å²) in [7, 11) is 0. The standard InChI is InChI=1S/C17H18N2O3/c1-10-3-6-13-14(16(17(20)21)19-15(13)7-10)9-18-8-12-5-4-11(2)22-12/h3-7,18-19H,8-9H2,1-2H3,(H,20,21). The van der Waals surface area contributed by atoms with Gasteiger partial charge in [0.1, 0.15) is 17.2 Å². The van der Waals surface area contributed by atoms with Gasteiger partial charge in [-0.05, 0) is 37.6 Å². The van der Waals surface area contributed by atoms with Crippen LogP contribution in [0.2, 0.25) is 0 Å². The number of H-pyrrole nitrogens is 1. The molecule has 0 unspecified atom stereocenters. The molecule has 2 heterocycles. The van der Waals surface area contributed by atoms with Crippen molar-refractivity contribution in [2.45, 2.75) is 26.9 Å². The maximum atomic E-state index is 11.4. The summed E-state index contributed by atoms with van der Waals surface area (Å²) in [5.74, 6) is 0.759. The lowest BCUT2D eigenvalue weighted by atomic mass is 10.1. The zero-order valence-corrected chi connectivity index (χ0v) is 12.6. The van der Waals surface area contributed by atoms with E-state index in [-0.39, 0.29) is 5.69 Å². The van der Waals surface area contributed by atoms with Gasteiger partial charge in [-0.2, -0.15) is 0 Å². The minimum Gasteiger partial charge on any atom is -0.477 e. The topological polar surface area (TPSA) is 78.3 Å². The molecule has 0 aliphatic rings. The number of rotatable bonds is 5. The summed E-state index contributed by atoms with van der Waals surface area (Å²) in [6.45, 7) is 4.90. The van der Waals surface area contributed by atoms with Gasteiger partial charge >= 0.3 is 5.97 Å². The summed E-state index contributed by atoms with van der Waals surface area (Å²) < 4.78 is 5.50. The van der Waals surface area contributed by atoms with Crippen LogP contribution in [-0.2, 0) is 13.1 Å². The molecule has 3 aromatic rings. The zero-order valence-electron chi connectivity index (χ0n) is 12.6. The third-order valence-electron chi connectivity index (χ3n) is 3.67. The number of aromatic amines is 1. The number of aryl methyl sites for hydroxylation is 2. The molecule has 2 aromatic heterocycles. The van der Waals surface area contributed by atoms with E-state index in [1.807, 2.05) is 44.2 Å². The van der Waals surface area contributed by atoms with Crippen LogP contribution in [0.3, 0.4) is 0 Å². The average Bonchev–Trinajstić information content (AvgIpc) is 3.03. The normalized spacial score (nSPS) is 11.2. The fraction of sp³-hybridized carbons (Fsp3) is 0.235. The highest BCUT2D eigenvalue weighted by atomic mass is 16.4. The van der Waals surface area contributed by atoms with E-state index < -0.39 is 5.97 Å². The summed E-state index contributed by atoms with van der Waals surface area (Å²) >= 11 is 0. The molecule has 0 saturated heterocycles. The predicted molar refractivity (Wildman–Crippen MR) is 84.0 cm³/mol. The Kier molecular flexibility index (Phi) is 3.73. The number of hydrogen-bond donors (Lipinski definition) is 3. The maximum absolute atomic E-state index is 11.4. The fourth-order valence-corrected chi connectivity index (χ4v) is 2.63. The Morgan fingerprint density at radius 3 is 2.73 bits per heavy atom. The Morgan fingerprint density at radius 1 is 1.23 bits per heavy atom. The molecular formula is C17H18N2O3. The van der Waals surface area contributed by atoms with Gasteiger partial charge in [0.25, 0.3) is 0 Å². The number of benzene rings is 1. The summed E-state index contributed by atoms with van der Waals surface area (Å²) in [5, 5.41) is 13.6. The van der Waals surface area contributed by atoms with Crippen molar-refractivity contribution in [1.82, 2.24) is 10.3 Å².